The summed E-state index contributed by atoms with van der Waals surface area (Å²) in [6.45, 7) is 0.661. The van der Waals surface area contributed by atoms with Gasteiger partial charge in [0.15, 0.2) is 6.29 Å². The maximum absolute atomic E-state index is 8.69. The Hall–Kier alpha value is -0.900. The molecule has 0 aliphatic carbocycles. The van der Waals surface area contributed by atoms with Crippen LogP contribution in [0.4, 0.5) is 0 Å². The number of hydrogen-bond donors (Lipinski definition) is 3. The molecular weight excluding hydrogens is 178 g/mol. The van der Waals surface area contributed by atoms with Gasteiger partial charge in [-0.1, -0.05) is 24.3 Å². The van der Waals surface area contributed by atoms with Crippen molar-refractivity contribution in [2.75, 3.05) is 6.54 Å². The van der Waals surface area contributed by atoms with Gasteiger partial charge in [0.2, 0.25) is 0 Å². The van der Waals surface area contributed by atoms with E-state index in [0.717, 1.165) is 12.0 Å². The topological polar surface area (TPSA) is 66.5 Å². The maximum atomic E-state index is 8.69. The summed E-state index contributed by atoms with van der Waals surface area (Å²) in [6, 6.07) is 8.08. The quantitative estimate of drug-likeness (QED) is 0.597. The zero-order chi connectivity index (χ0) is 10.4. The highest BCUT2D eigenvalue weighted by atomic mass is 16.5. The van der Waals surface area contributed by atoms with Gasteiger partial charge in [0.25, 0.3) is 0 Å². The van der Waals surface area contributed by atoms with Crippen LogP contribution in [0.25, 0.3) is 0 Å². The minimum atomic E-state index is -1.21. The van der Waals surface area contributed by atoms with Crippen molar-refractivity contribution in [3.63, 3.8) is 0 Å². The molecule has 0 saturated heterocycles. The van der Waals surface area contributed by atoms with Crippen molar-refractivity contribution in [1.82, 2.24) is 0 Å². The van der Waals surface area contributed by atoms with Crippen molar-refractivity contribution in [1.29, 1.82) is 0 Å². The second kappa shape index (κ2) is 5.75. The molecule has 1 aromatic carbocycles. The minimum Gasteiger partial charge on any atom is -0.368 e. The lowest BCUT2D eigenvalue weighted by atomic mass is 10.1. The molecule has 0 aliphatic rings. The summed E-state index contributed by atoms with van der Waals surface area (Å²) in [5.41, 5.74) is 7.78. The average molecular weight is 195 g/mol. The van der Waals surface area contributed by atoms with Gasteiger partial charge in [-0.2, -0.15) is 0 Å². The molecule has 1 rings (SSSR count). The van der Waals surface area contributed by atoms with Gasteiger partial charge in [0.1, 0.15) is 0 Å². The van der Waals surface area contributed by atoms with E-state index in [-0.39, 0.29) is 0 Å². The lowest BCUT2D eigenvalue weighted by molar-refractivity contribution is -0.0446. The highest BCUT2D eigenvalue weighted by Crippen LogP contribution is 2.07. The van der Waals surface area contributed by atoms with Gasteiger partial charge < -0.3 is 15.9 Å². The molecule has 0 bridgehead atoms. The second-order valence-corrected chi connectivity index (χ2v) is 3.37. The smallest absolute Gasteiger partial charge is 0.151 e. The van der Waals surface area contributed by atoms with E-state index in [1.54, 1.807) is 0 Å². The zero-order valence-corrected chi connectivity index (χ0v) is 8.19. The first-order valence-electron chi connectivity index (χ1n) is 4.86. The van der Waals surface area contributed by atoms with Gasteiger partial charge in [-0.15, -0.1) is 0 Å². The average Bonchev–Trinajstić information content (AvgIpc) is 2.17. The predicted octanol–water partition coefficient (Wildman–Crippen LogP) is 0.431. The van der Waals surface area contributed by atoms with Crippen LogP contribution in [-0.2, 0) is 12.8 Å². The van der Waals surface area contributed by atoms with Crippen molar-refractivity contribution in [3.8, 4) is 0 Å². The molecule has 4 N–H and O–H groups in total. The maximum Gasteiger partial charge on any atom is 0.151 e. The third kappa shape index (κ3) is 3.87. The molecule has 3 nitrogen and oxygen atoms in total. The molecule has 0 aliphatic heterocycles. The fourth-order valence-electron chi connectivity index (χ4n) is 1.34. The summed E-state index contributed by atoms with van der Waals surface area (Å²) in [4.78, 5) is 0. The molecule has 0 spiro atoms. The van der Waals surface area contributed by atoms with Crippen LogP contribution in [0.1, 0.15) is 17.5 Å². The first-order valence-corrected chi connectivity index (χ1v) is 4.86. The molecule has 0 atom stereocenters. The normalized spacial score (nSPS) is 10.9. The van der Waals surface area contributed by atoms with Crippen LogP contribution in [-0.4, -0.2) is 23.0 Å². The predicted molar refractivity (Wildman–Crippen MR) is 55.7 cm³/mol. The van der Waals surface area contributed by atoms with Crippen LogP contribution in [0.3, 0.4) is 0 Å². The van der Waals surface area contributed by atoms with Crippen molar-refractivity contribution in [2.24, 2.45) is 5.73 Å². The molecule has 0 heterocycles. The SMILES string of the molecule is NCCc1ccc(CCC(O)O)cc1. The number of aryl methyl sites for hydroxylation is 1. The summed E-state index contributed by atoms with van der Waals surface area (Å²) < 4.78 is 0. The van der Waals surface area contributed by atoms with Crippen LogP contribution in [0.2, 0.25) is 0 Å². The van der Waals surface area contributed by atoms with Gasteiger partial charge in [-0.05, 0) is 30.5 Å². The Kier molecular flexibility index (Phi) is 4.59. The first kappa shape index (κ1) is 11.2. The number of aliphatic hydroxyl groups is 2. The van der Waals surface area contributed by atoms with E-state index in [2.05, 4.69) is 0 Å². The van der Waals surface area contributed by atoms with E-state index in [4.69, 9.17) is 15.9 Å². The Balaban J connectivity index is 2.46. The molecule has 0 saturated carbocycles. The lowest BCUT2D eigenvalue weighted by Crippen LogP contribution is -2.05. The summed E-state index contributed by atoms with van der Waals surface area (Å²) >= 11 is 0. The summed E-state index contributed by atoms with van der Waals surface area (Å²) in [5, 5.41) is 17.4. The molecule has 78 valence electrons. The van der Waals surface area contributed by atoms with E-state index in [1.165, 1.54) is 5.56 Å². The van der Waals surface area contributed by atoms with Crippen LogP contribution in [0.15, 0.2) is 24.3 Å². The summed E-state index contributed by atoms with van der Waals surface area (Å²) in [6.07, 6.45) is 0.762. The number of aliphatic hydroxyl groups excluding tert-OH is 1. The number of hydrogen-bond acceptors (Lipinski definition) is 3. The Bertz CT molecular complexity index is 256. The molecule has 0 radical (unpaired) electrons. The largest absolute Gasteiger partial charge is 0.368 e. The third-order valence-electron chi connectivity index (χ3n) is 2.15. The number of rotatable bonds is 5. The van der Waals surface area contributed by atoms with E-state index in [9.17, 15) is 0 Å². The first-order chi connectivity index (χ1) is 6.72. The fourth-order valence-corrected chi connectivity index (χ4v) is 1.34. The molecule has 0 amide bonds. The highest BCUT2D eigenvalue weighted by molar-refractivity contribution is 5.22. The van der Waals surface area contributed by atoms with Crippen LogP contribution >= 0.6 is 0 Å². The summed E-state index contributed by atoms with van der Waals surface area (Å²) in [7, 11) is 0. The Morgan fingerprint density at radius 1 is 1.00 bits per heavy atom. The van der Waals surface area contributed by atoms with Gasteiger partial charge in [0, 0.05) is 6.42 Å². The van der Waals surface area contributed by atoms with E-state index < -0.39 is 6.29 Å². The standard InChI is InChI=1S/C11H17NO2/c12-8-7-10-3-1-9(2-4-10)5-6-11(13)14/h1-4,11,13-14H,5-8,12H2. The van der Waals surface area contributed by atoms with Crippen molar-refractivity contribution < 1.29 is 10.2 Å². The molecule has 0 unspecified atom stereocenters. The monoisotopic (exact) mass is 195 g/mol. The van der Waals surface area contributed by atoms with Gasteiger partial charge in [-0.25, -0.2) is 0 Å². The number of benzene rings is 1. The minimum absolute atomic E-state index is 0.385. The van der Waals surface area contributed by atoms with Gasteiger partial charge in [-0.3, -0.25) is 0 Å². The Morgan fingerprint density at radius 2 is 1.50 bits per heavy atom. The molecule has 3 heteroatoms. The van der Waals surface area contributed by atoms with Crippen LogP contribution < -0.4 is 5.73 Å². The third-order valence-corrected chi connectivity index (χ3v) is 2.15. The van der Waals surface area contributed by atoms with Crippen molar-refractivity contribution in [2.45, 2.75) is 25.6 Å². The fraction of sp³-hybridized carbons (Fsp3) is 0.455. The molecular formula is C11H17NO2. The van der Waals surface area contributed by atoms with Crippen LogP contribution in [0.5, 0.6) is 0 Å². The van der Waals surface area contributed by atoms with Gasteiger partial charge >= 0.3 is 0 Å². The van der Waals surface area contributed by atoms with Crippen molar-refractivity contribution >= 4 is 0 Å². The molecule has 14 heavy (non-hydrogen) atoms. The molecule has 0 aromatic heterocycles. The van der Waals surface area contributed by atoms with Crippen molar-refractivity contribution in [3.05, 3.63) is 35.4 Å². The van der Waals surface area contributed by atoms with Crippen LogP contribution in [0, 0.1) is 0 Å². The Labute approximate surface area is 84.2 Å². The Morgan fingerprint density at radius 3 is 1.93 bits per heavy atom. The molecule has 0 fully saturated rings. The zero-order valence-electron chi connectivity index (χ0n) is 8.19. The van der Waals surface area contributed by atoms with E-state index in [1.807, 2.05) is 24.3 Å². The molecule has 1 aromatic rings. The number of nitrogens with two attached hydrogens (primary N) is 1. The van der Waals surface area contributed by atoms with Gasteiger partial charge in [0.05, 0.1) is 0 Å². The van der Waals surface area contributed by atoms with E-state index in [0.29, 0.717) is 19.4 Å². The highest BCUT2D eigenvalue weighted by Gasteiger charge is 1.99. The lowest BCUT2D eigenvalue weighted by Gasteiger charge is -2.04. The summed E-state index contributed by atoms with van der Waals surface area (Å²) in [5.74, 6) is 0. The van der Waals surface area contributed by atoms with E-state index >= 15 is 0 Å². The second-order valence-electron chi connectivity index (χ2n) is 3.37.